The maximum Gasteiger partial charge on any atom is 0.303 e. The highest BCUT2D eigenvalue weighted by molar-refractivity contribution is 7.13. The van der Waals surface area contributed by atoms with Gasteiger partial charge in [-0.2, -0.15) is 5.10 Å². The van der Waals surface area contributed by atoms with Crippen LogP contribution in [0.15, 0.2) is 23.6 Å². The van der Waals surface area contributed by atoms with Gasteiger partial charge < -0.3 is 10.4 Å². The zero-order valence-corrected chi connectivity index (χ0v) is 13.7. The van der Waals surface area contributed by atoms with E-state index in [1.807, 2.05) is 17.5 Å². The minimum Gasteiger partial charge on any atom is -0.481 e. The fourth-order valence-corrected chi connectivity index (χ4v) is 2.91. The number of aromatic amines is 1. The molecule has 0 radical (unpaired) electrons. The zero-order valence-electron chi connectivity index (χ0n) is 12.9. The lowest BCUT2D eigenvalue weighted by molar-refractivity contribution is -0.137. The van der Waals surface area contributed by atoms with Crippen LogP contribution in [0.5, 0.6) is 0 Å². The summed E-state index contributed by atoms with van der Waals surface area (Å²) in [6.07, 6.45) is 4.75. The Labute approximate surface area is 138 Å². The van der Waals surface area contributed by atoms with Crippen LogP contribution >= 0.6 is 11.3 Å². The molecule has 0 aliphatic carbocycles. The van der Waals surface area contributed by atoms with Gasteiger partial charge in [-0.3, -0.25) is 14.7 Å². The third-order valence-corrected chi connectivity index (χ3v) is 4.35. The number of hydrogen-bond donors (Lipinski definition) is 3. The molecule has 2 aromatic heterocycles. The van der Waals surface area contributed by atoms with Crippen molar-refractivity contribution in [3.05, 3.63) is 29.3 Å². The van der Waals surface area contributed by atoms with Crippen LogP contribution in [0.2, 0.25) is 0 Å². The second kappa shape index (κ2) is 9.09. The normalized spacial score (nSPS) is 10.6. The summed E-state index contributed by atoms with van der Waals surface area (Å²) in [7, 11) is 0. The molecule has 6 nitrogen and oxygen atoms in total. The van der Waals surface area contributed by atoms with E-state index in [4.69, 9.17) is 5.11 Å². The molecule has 0 aromatic carbocycles. The van der Waals surface area contributed by atoms with Crippen molar-refractivity contribution >= 4 is 23.2 Å². The molecule has 2 rings (SSSR count). The van der Waals surface area contributed by atoms with Gasteiger partial charge in [0.15, 0.2) is 5.69 Å². The van der Waals surface area contributed by atoms with Gasteiger partial charge in [-0.15, -0.1) is 11.3 Å². The number of nitrogens with one attached hydrogen (secondary N) is 2. The lowest BCUT2D eigenvalue weighted by Gasteiger charge is -2.03. The molecular formula is C16H21N3O3S. The first-order valence-electron chi connectivity index (χ1n) is 7.76. The largest absolute Gasteiger partial charge is 0.481 e. The number of amides is 1. The van der Waals surface area contributed by atoms with E-state index in [1.165, 1.54) is 0 Å². The number of hydrogen-bond acceptors (Lipinski definition) is 4. The molecule has 0 unspecified atom stereocenters. The Morgan fingerprint density at radius 3 is 2.74 bits per heavy atom. The van der Waals surface area contributed by atoms with Crippen LogP contribution in [0.1, 0.15) is 49.0 Å². The molecule has 2 aromatic rings. The molecule has 1 amide bonds. The Kier molecular flexibility index (Phi) is 6.80. The Bertz CT molecular complexity index is 622. The topological polar surface area (TPSA) is 95.1 Å². The standard InChI is InChI=1S/C16H21N3O3S/c20-15(21)8-4-2-1-3-5-9-17-16(22)13-11-12(18-19-13)14-7-6-10-23-14/h6-7,10-11H,1-5,8-9H2,(H,17,22)(H,18,19)(H,20,21). The highest BCUT2D eigenvalue weighted by Gasteiger charge is 2.11. The van der Waals surface area contributed by atoms with E-state index >= 15 is 0 Å². The van der Waals surface area contributed by atoms with Crippen LogP contribution in [0.25, 0.3) is 10.6 Å². The second-order valence-corrected chi connectivity index (χ2v) is 6.26. The summed E-state index contributed by atoms with van der Waals surface area (Å²) >= 11 is 1.59. The summed E-state index contributed by atoms with van der Waals surface area (Å²) in [4.78, 5) is 23.4. The monoisotopic (exact) mass is 335 g/mol. The molecule has 7 heteroatoms. The number of aromatic nitrogens is 2. The second-order valence-electron chi connectivity index (χ2n) is 5.31. The smallest absolute Gasteiger partial charge is 0.303 e. The zero-order chi connectivity index (χ0) is 16.5. The van der Waals surface area contributed by atoms with Crippen molar-refractivity contribution in [3.8, 4) is 10.6 Å². The van der Waals surface area contributed by atoms with Crippen LogP contribution < -0.4 is 5.32 Å². The average Bonchev–Trinajstić information content (AvgIpc) is 3.19. The van der Waals surface area contributed by atoms with Crippen molar-refractivity contribution in [1.82, 2.24) is 15.5 Å². The van der Waals surface area contributed by atoms with Crippen molar-refractivity contribution in [2.24, 2.45) is 0 Å². The molecule has 2 heterocycles. The predicted octanol–water partition coefficient (Wildman–Crippen LogP) is 3.29. The van der Waals surface area contributed by atoms with Crippen molar-refractivity contribution in [2.75, 3.05) is 6.54 Å². The van der Waals surface area contributed by atoms with Gasteiger partial charge in [-0.25, -0.2) is 0 Å². The van der Waals surface area contributed by atoms with E-state index in [1.54, 1.807) is 17.4 Å². The van der Waals surface area contributed by atoms with E-state index in [0.717, 1.165) is 42.7 Å². The summed E-state index contributed by atoms with van der Waals surface area (Å²) in [6, 6.07) is 5.69. The highest BCUT2D eigenvalue weighted by atomic mass is 32.1. The molecule has 0 saturated carbocycles. The van der Waals surface area contributed by atoms with Crippen molar-refractivity contribution < 1.29 is 14.7 Å². The number of rotatable bonds is 10. The predicted molar refractivity (Wildman–Crippen MR) is 89.6 cm³/mol. The van der Waals surface area contributed by atoms with E-state index in [9.17, 15) is 9.59 Å². The van der Waals surface area contributed by atoms with Gasteiger partial charge in [-0.05, 0) is 30.4 Å². The fraction of sp³-hybridized carbons (Fsp3) is 0.438. The lowest BCUT2D eigenvalue weighted by atomic mass is 10.1. The fourth-order valence-electron chi connectivity index (χ4n) is 2.22. The molecule has 124 valence electrons. The SMILES string of the molecule is O=C(O)CCCCCCCNC(=O)c1cc(-c2cccs2)[nH]n1. The van der Waals surface area contributed by atoms with Gasteiger partial charge in [0.25, 0.3) is 5.91 Å². The molecule has 0 atom stereocenters. The first-order valence-corrected chi connectivity index (χ1v) is 8.64. The van der Waals surface area contributed by atoms with Gasteiger partial charge in [-0.1, -0.05) is 25.3 Å². The molecule has 23 heavy (non-hydrogen) atoms. The summed E-state index contributed by atoms with van der Waals surface area (Å²) in [5.41, 5.74) is 1.25. The summed E-state index contributed by atoms with van der Waals surface area (Å²) in [5, 5.41) is 20.3. The number of aliphatic carboxylic acids is 1. The minimum atomic E-state index is -0.738. The van der Waals surface area contributed by atoms with Crippen LogP contribution in [0.4, 0.5) is 0 Å². The summed E-state index contributed by atoms with van der Waals surface area (Å²) < 4.78 is 0. The number of H-pyrrole nitrogens is 1. The first-order chi connectivity index (χ1) is 11.2. The molecular weight excluding hydrogens is 314 g/mol. The van der Waals surface area contributed by atoms with E-state index in [0.29, 0.717) is 12.2 Å². The van der Waals surface area contributed by atoms with Crippen molar-refractivity contribution in [1.29, 1.82) is 0 Å². The molecule has 0 saturated heterocycles. The molecule has 0 bridgehead atoms. The van der Waals surface area contributed by atoms with Gasteiger partial charge in [0.05, 0.1) is 10.6 Å². The third-order valence-electron chi connectivity index (χ3n) is 3.45. The quantitative estimate of drug-likeness (QED) is 0.581. The number of unbranched alkanes of at least 4 members (excludes halogenated alkanes) is 4. The number of thiophene rings is 1. The van der Waals surface area contributed by atoms with Crippen LogP contribution in [-0.4, -0.2) is 33.7 Å². The maximum atomic E-state index is 12.0. The van der Waals surface area contributed by atoms with Gasteiger partial charge >= 0.3 is 5.97 Å². The molecule has 0 fully saturated rings. The Balaban J connectivity index is 1.61. The van der Waals surface area contributed by atoms with E-state index in [2.05, 4.69) is 15.5 Å². The number of carbonyl (C=O) groups is 2. The molecule has 0 aliphatic rings. The highest BCUT2D eigenvalue weighted by Crippen LogP contribution is 2.22. The number of carboxylic acids is 1. The van der Waals surface area contributed by atoms with Crippen LogP contribution in [0.3, 0.4) is 0 Å². The molecule has 0 aliphatic heterocycles. The number of carboxylic acid groups (broad SMARTS) is 1. The molecule has 0 spiro atoms. The summed E-state index contributed by atoms with van der Waals surface area (Å²) in [5.74, 6) is -0.909. The Morgan fingerprint density at radius 1 is 1.22 bits per heavy atom. The van der Waals surface area contributed by atoms with Gasteiger partial charge in [0.1, 0.15) is 0 Å². The first kappa shape index (κ1) is 17.2. The third kappa shape index (κ3) is 5.86. The Morgan fingerprint density at radius 2 is 2.00 bits per heavy atom. The van der Waals surface area contributed by atoms with Gasteiger partial charge in [0, 0.05) is 13.0 Å². The summed E-state index contributed by atoms with van der Waals surface area (Å²) in [6.45, 7) is 0.610. The average molecular weight is 335 g/mol. The lowest BCUT2D eigenvalue weighted by Crippen LogP contribution is -2.24. The van der Waals surface area contributed by atoms with E-state index in [-0.39, 0.29) is 12.3 Å². The van der Waals surface area contributed by atoms with E-state index < -0.39 is 5.97 Å². The Hall–Kier alpha value is -2.15. The van der Waals surface area contributed by atoms with Crippen LogP contribution in [-0.2, 0) is 4.79 Å². The minimum absolute atomic E-state index is 0.171. The van der Waals surface area contributed by atoms with Gasteiger partial charge in [0.2, 0.25) is 0 Å². The molecule has 3 N–H and O–H groups in total. The van der Waals surface area contributed by atoms with Crippen molar-refractivity contribution in [2.45, 2.75) is 38.5 Å². The van der Waals surface area contributed by atoms with Crippen LogP contribution in [0, 0.1) is 0 Å². The number of nitrogens with zero attached hydrogens (tertiary/aromatic N) is 1. The van der Waals surface area contributed by atoms with Crippen molar-refractivity contribution in [3.63, 3.8) is 0 Å². The maximum absolute atomic E-state index is 12.0. The number of carbonyl (C=O) groups excluding carboxylic acids is 1.